The SMILES string of the molecule is N#Cc1ccc(NC(=S)NC2CCN(c3ccnc4c(Cl)cccc34)CC2)cc1. The molecule has 1 fully saturated rings. The number of nitrogens with zero attached hydrogens (tertiary/aromatic N) is 3. The zero-order valence-electron chi connectivity index (χ0n) is 15.7. The molecule has 0 spiro atoms. The predicted molar refractivity (Wildman–Crippen MR) is 123 cm³/mol. The Balaban J connectivity index is 1.35. The lowest BCUT2D eigenvalue weighted by Crippen LogP contribution is -2.46. The summed E-state index contributed by atoms with van der Waals surface area (Å²) >= 11 is 11.8. The maximum absolute atomic E-state index is 8.88. The first-order valence-corrected chi connectivity index (χ1v) is 10.3. The topological polar surface area (TPSA) is 64.0 Å². The fourth-order valence-electron chi connectivity index (χ4n) is 3.65. The van der Waals surface area contributed by atoms with Crippen molar-refractivity contribution < 1.29 is 0 Å². The van der Waals surface area contributed by atoms with E-state index < -0.39 is 0 Å². The Morgan fingerprint density at radius 2 is 1.90 bits per heavy atom. The summed E-state index contributed by atoms with van der Waals surface area (Å²) in [5.74, 6) is 0. The second-order valence-electron chi connectivity index (χ2n) is 7.02. The van der Waals surface area contributed by atoms with Gasteiger partial charge in [0, 0.05) is 42.1 Å². The minimum absolute atomic E-state index is 0.321. The zero-order valence-corrected chi connectivity index (χ0v) is 17.3. The van der Waals surface area contributed by atoms with E-state index in [1.807, 2.05) is 30.5 Å². The molecule has 7 heteroatoms. The summed E-state index contributed by atoms with van der Waals surface area (Å²) in [5.41, 5.74) is 3.53. The van der Waals surface area contributed by atoms with Crippen LogP contribution < -0.4 is 15.5 Å². The molecule has 3 aromatic rings. The van der Waals surface area contributed by atoms with E-state index in [-0.39, 0.29) is 0 Å². The van der Waals surface area contributed by atoms with E-state index in [1.165, 1.54) is 5.69 Å². The van der Waals surface area contributed by atoms with E-state index in [0.29, 0.717) is 21.7 Å². The summed E-state index contributed by atoms with van der Waals surface area (Å²) in [7, 11) is 0. The van der Waals surface area contributed by atoms with Crippen LogP contribution in [-0.2, 0) is 0 Å². The van der Waals surface area contributed by atoms with Gasteiger partial charge in [0.15, 0.2) is 5.11 Å². The molecule has 1 saturated heterocycles. The fourth-order valence-corrected chi connectivity index (χ4v) is 4.15. The van der Waals surface area contributed by atoms with Crippen LogP contribution in [-0.4, -0.2) is 29.2 Å². The van der Waals surface area contributed by atoms with Crippen molar-refractivity contribution in [3.05, 3.63) is 65.3 Å². The molecule has 146 valence electrons. The number of aromatic nitrogens is 1. The molecule has 0 saturated carbocycles. The van der Waals surface area contributed by atoms with Crippen LogP contribution >= 0.6 is 23.8 Å². The minimum atomic E-state index is 0.321. The molecule has 2 heterocycles. The van der Waals surface area contributed by atoms with E-state index in [0.717, 1.165) is 42.5 Å². The van der Waals surface area contributed by atoms with E-state index in [1.54, 1.807) is 12.1 Å². The number of anilines is 2. The Kier molecular flexibility index (Phi) is 5.79. The van der Waals surface area contributed by atoms with Crippen molar-refractivity contribution in [2.45, 2.75) is 18.9 Å². The third-order valence-electron chi connectivity index (χ3n) is 5.14. The molecule has 0 aliphatic carbocycles. The lowest BCUT2D eigenvalue weighted by atomic mass is 10.0. The number of piperidine rings is 1. The molecular weight excluding hydrogens is 402 g/mol. The van der Waals surface area contributed by atoms with Gasteiger partial charge in [0.2, 0.25) is 0 Å². The van der Waals surface area contributed by atoms with Crippen LogP contribution in [0, 0.1) is 11.3 Å². The first-order valence-electron chi connectivity index (χ1n) is 9.50. The van der Waals surface area contributed by atoms with Crippen LogP contribution in [0.2, 0.25) is 5.02 Å². The highest BCUT2D eigenvalue weighted by atomic mass is 35.5. The van der Waals surface area contributed by atoms with Gasteiger partial charge in [-0.3, -0.25) is 4.98 Å². The quantitative estimate of drug-likeness (QED) is 0.597. The number of hydrogen-bond acceptors (Lipinski definition) is 4. The number of halogens is 1. The Morgan fingerprint density at radius 1 is 1.14 bits per heavy atom. The van der Waals surface area contributed by atoms with Crippen molar-refractivity contribution in [3.8, 4) is 6.07 Å². The van der Waals surface area contributed by atoms with Crippen LogP contribution in [0.1, 0.15) is 18.4 Å². The second-order valence-corrected chi connectivity index (χ2v) is 7.83. The lowest BCUT2D eigenvalue weighted by molar-refractivity contribution is 0.468. The van der Waals surface area contributed by atoms with Gasteiger partial charge < -0.3 is 15.5 Å². The van der Waals surface area contributed by atoms with Gasteiger partial charge in [-0.15, -0.1) is 0 Å². The maximum Gasteiger partial charge on any atom is 0.170 e. The van der Waals surface area contributed by atoms with Crippen molar-refractivity contribution in [1.82, 2.24) is 10.3 Å². The molecule has 1 aromatic heterocycles. The maximum atomic E-state index is 8.88. The average molecular weight is 422 g/mol. The molecule has 29 heavy (non-hydrogen) atoms. The smallest absolute Gasteiger partial charge is 0.170 e. The molecule has 0 unspecified atom stereocenters. The number of nitrogens with one attached hydrogen (secondary N) is 2. The summed E-state index contributed by atoms with van der Waals surface area (Å²) in [5, 5.41) is 17.9. The highest BCUT2D eigenvalue weighted by molar-refractivity contribution is 7.80. The number of rotatable bonds is 3. The van der Waals surface area contributed by atoms with Crippen molar-refractivity contribution in [3.63, 3.8) is 0 Å². The number of thiocarbonyl (C=S) groups is 1. The number of hydrogen-bond donors (Lipinski definition) is 2. The molecule has 5 nitrogen and oxygen atoms in total. The van der Waals surface area contributed by atoms with Crippen molar-refractivity contribution in [2.75, 3.05) is 23.3 Å². The monoisotopic (exact) mass is 421 g/mol. The highest BCUT2D eigenvalue weighted by Gasteiger charge is 2.21. The number of nitriles is 1. The summed E-state index contributed by atoms with van der Waals surface area (Å²) in [6, 6.07) is 17.7. The molecule has 1 aliphatic rings. The summed E-state index contributed by atoms with van der Waals surface area (Å²) < 4.78 is 0. The standard InChI is InChI=1S/C22H20ClN5S/c23-19-3-1-2-18-20(8-11-25-21(18)19)28-12-9-17(10-13-28)27-22(29)26-16-6-4-15(14-24)5-7-16/h1-8,11,17H,9-10,12-13H2,(H2,26,27,29). The molecule has 2 N–H and O–H groups in total. The molecule has 4 rings (SSSR count). The van der Waals surface area contributed by atoms with Gasteiger partial charge in [0.1, 0.15) is 0 Å². The van der Waals surface area contributed by atoms with Gasteiger partial charge in [-0.25, -0.2) is 0 Å². The van der Waals surface area contributed by atoms with Crippen molar-refractivity contribution in [1.29, 1.82) is 5.26 Å². The minimum Gasteiger partial charge on any atom is -0.371 e. The van der Waals surface area contributed by atoms with Gasteiger partial charge >= 0.3 is 0 Å². The molecule has 1 aliphatic heterocycles. The molecule has 0 amide bonds. The van der Waals surface area contributed by atoms with Gasteiger partial charge in [-0.05, 0) is 61.5 Å². The van der Waals surface area contributed by atoms with Crippen LogP contribution in [0.5, 0.6) is 0 Å². The van der Waals surface area contributed by atoms with Crippen molar-refractivity contribution >= 4 is 51.2 Å². The summed E-state index contributed by atoms with van der Waals surface area (Å²) in [6.45, 7) is 1.87. The molecule has 0 bridgehead atoms. The molecule has 2 aromatic carbocycles. The Hall–Kier alpha value is -2.88. The third kappa shape index (κ3) is 4.42. The fraction of sp³-hybridized carbons (Fsp3) is 0.227. The van der Waals surface area contributed by atoms with E-state index in [4.69, 9.17) is 29.1 Å². The Morgan fingerprint density at radius 3 is 2.62 bits per heavy atom. The summed E-state index contributed by atoms with van der Waals surface area (Å²) in [4.78, 5) is 6.81. The van der Waals surface area contributed by atoms with E-state index >= 15 is 0 Å². The van der Waals surface area contributed by atoms with Gasteiger partial charge in [0.05, 0.1) is 22.2 Å². The molecule has 0 radical (unpaired) electrons. The van der Waals surface area contributed by atoms with E-state index in [2.05, 4.69) is 38.7 Å². The Labute approximate surface area is 180 Å². The number of para-hydroxylation sites is 1. The number of fused-ring (bicyclic) bond motifs is 1. The first kappa shape index (κ1) is 19.4. The van der Waals surface area contributed by atoms with Crippen LogP contribution in [0.25, 0.3) is 10.9 Å². The second kappa shape index (κ2) is 8.64. The third-order valence-corrected chi connectivity index (χ3v) is 5.67. The zero-order chi connectivity index (χ0) is 20.2. The van der Waals surface area contributed by atoms with E-state index in [9.17, 15) is 0 Å². The van der Waals surface area contributed by atoms with Crippen molar-refractivity contribution in [2.24, 2.45) is 0 Å². The number of benzene rings is 2. The summed E-state index contributed by atoms with van der Waals surface area (Å²) in [6.07, 6.45) is 3.80. The molecular formula is C22H20ClN5S. The van der Waals surface area contributed by atoms with Gasteiger partial charge in [0.25, 0.3) is 0 Å². The molecule has 0 atom stereocenters. The number of pyridine rings is 1. The van der Waals surface area contributed by atoms with Gasteiger partial charge in [-0.1, -0.05) is 23.7 Å². The predicted octanol–water partition coefficient (Wildman–Crippen LogP) is 4.72. The average Bonchev–Trinajstić information content (AvgIpc) is 2.75. The lowest BCUT2D eigenvalue weighted by Gasteiger charge is -2.35. The largest absolute Gasteiger partial charge is 0.371 e. The highest BCUT2D eigenvalue weighted by Crippen LogP contribution is 2.31. The Bertz CT molecular complexity index is 1070. The normalized spacial score (nSPS) is 14.4. The van der Waals surface area contributed by atoms with Crippen LogP contribution in [0.15, 0.2) is 54.7 Å². The van der Waals surface area contributed by atoms with Crippen LogP contribution in [0.3, 0.4) is 0 Å². The van der Waals surface area contributed by atoms with Gasteiger partial charge in [-0.2, -0.15) is 5.26 Å². The van der Waals surface area contributed by atoms with Crippen LogP contribution in [0.4, 0.5) is 11.4 Å². The first-order chi connectivity index (χ1) is 14.1.